The van der Waals surface area contributed by atoms with Gasteiger partial charge < -0.3 is 14.8 Å². The van der Waals surface area contributed by atoms with E-state index < -0.39 is 0 Å². The molecule has 1 aromatic heterocycles. The third-order valence-electron chi connectivity index (χ3n) is 5.55. The highest BCUT2D eigenvalue weighted by atomic mass is 16.2. The van der Waals surface area contributed by atoms with E-state index in [4.69, 9.17) is 0 Å². The van der Waals surface area contributed by atoms with E-state index in [9.17, 15) is 9.59 Å². The molecule has 4 rings (SSSR count). The first-order chi connectivity index (χ1) is 14.5. The SMILES string of the molecule is CC(C)c1cccc(N2CC(C(=O)NCc3ccc(-n4ccnc4)cc3)CC2=O)c1. The molecule has 2 heterocycles. The van der Waals surface area contributed by atoms with Crippen LogP contribution in [-0.2, 0) is 16.1 Å². The fraction of sp³-hybridized carbons (Fsp3) is 0.292. The number of hydrogen-bond donors (Lipinski definition) is 1. The van der Waals surface area contributed by atoms with Gasteiger partial charge in [-0.05, 0) is 41.3 Å². The van der Waals surface area contributed by atoms with Crippen molar-refractivity contribution in [1.82, 2.24) is 14.9 Å². The molecule has 1 unspecified atom stereocenters. The second-order valence-electron chi connectivity index (χ2n) is 8.01. The zero-order chi connectivity index (χ0) is 21.1. The Balaban J connectivity index is 1.35. The molecule has 1 saturated heterocycles. The van der Waals surface area contributed by atoms with Crippen LogP contribution in [0.5, 0.6) is 0 Å². The molecule has 1 fully saturated rings. The van der Waals surface area contributed by atoms with Crippen LogP contribution in [0.25, 0.3) is 5.69 Å². The highest BCUT2D eigenvalue weighted by Gasteiger charge is 2.35. The molecule has 0 aliphatic carbocycles. The van der Waals surface area contributed by atoms with E-state index in [1.807, 2.05) is 53.2 Å². The molecule has 6 heteroatoms. The van der Waals surface area contributed by atoms with E-state index in [0.29, 0.717) is 19.0 Å². The van der Waals surface area contributed by atoms with Gasteiger partial charge in [-0.3, -0.25) is 9.59 Å². The second kappa shape index (κ2) is 8.53. The number of rotatable bonds is 6. The molecule has 0 bridgehead atoms. The first kappa shape index (κ1) is 19.9. The van der Waals surface area contributed by atoms with Crippen molar-refractivity contribution in [3.63, 3.8) is 0 Å². The molecule has 1 aliphatic heterocycles. The molecular weight excluding hydrogens is 376 g/mol. The summed E-state index contributed by atoms with van der Waals surface area (Å²) >= 11 is 0. The van der Waals surface area contributed by atoms with E-state index >= 15 is 0 Å². The number of carbonyl (C=O) groups excluding carboxylic acids is 2. The molecule has 30 heavy (non-hydrogen) atoms. The van der Waals surface area contributed by atoms with Gasteiger partial charge >= 0.3 is 0 Å². The van der Waals surface area contributed by atoms with Crippen LogP contribution < -0.4 is 10.2 Å². The lowest BCUT2D eigenvalue weighted by Crippen LogP contribution is -2.32. The monoisotopic (exact) mass is 402 g/mol. The van der Waals surface area contributed by atoms with Gasteiger partial charge in [0.15, 0.2) is 0 Å². The van der Waals surface area contributed by atoms with Gasteiger partial charge in [0, 0.05) is 43.3 Å². The molecule has 2 aromatic carbocycles. The minimum absolute atomic E-state index is 0.000686. The fourth-order valence-electron chi connectivity index (χ4n) is 3.72. The van der Waals surface area contributed by atoms with Crippen LogP contribution in [0.3, 0.4) is 0 Å². The maximum absolute atomic E-state index is 12.7. The summed E-state index contributed by atoms with van der Waals surface area (Å²) in [6.45, 7) is 5.12. The Morgan fingerprint density at radius 1 is 1.17 bits per heavy atom. The van der Waals surface area contributed by atoms with Crippen LogP contribution in [-0.4, -0.2) is 27.9 Å². The summed E-state index contributed by atoms with van der Waals surface area (Å²) in [4.78, 5) is 31.0. The molecule has 0 saturated carbocycles. The van der Waals surface area contributed by atoms with Gasteiger partial charge in [-0.1, -0.05) is 38.1 Å². The van der Waals surface area contributed by atoms with E-state index in [1.165, 1.54) is 5.56 Å². The van der Waals surface area contributed by atoms with Gasteiger partial charge in [-0.15, -0.1) is 0 Å². The summed E-state index contributed by atoms with van der Waals surface area (Å²) in [6, 6.07) is 16.0. The molecule has 0 radical (unpaired) electrons. The second-order valence-corrected chi connectivity index (χ2v) is 8.01. The Hall–Kier alpha value is -3.41. The maximum Gasteiger partial charge on any atom is 0.227 e. The van der Waals surface area contributed by atoms with Crippen molar-refractivity contribution in [2.24, 2.45) is 5.92 Å². The summed E-state index contributed by atoms with van der Waals surface area (Å²) < 4.78 is 1.93. The number of nitrogens with one attached hydrogen (secondary N) is 1. The molecule has 1 aliphatic rings. The van der Waals surface area contributed by atoms with Crippen LogP contribution in [0.1, 0.15) is 37.3 Å². The van der Waals surface area contributed by atoms with Crippen LogP contribution in [0.15, 0.2) is 67.3 Å². The van der Waals surface area contributed by atoms with Crippen molar-refractivity contribution in [2.45, 2.75) is 32.7 Å². The Morgan fingerprint density at radius 2 is 1.97 bits per heavy atom. The molecule has 2 amide bonds. The average molecular weight is 402 g/mol. The lowest BCUT2D eigenvalue weighted by atomic mass is 10.0. The first-order valence-electron chi connectivity index (χ1n) is 10.3. The molecule has 3 aromatic rings. The third kappa shape index (κ3) is 4.27. The summed E-state index contributed by atoms with van der Waals surface area (Å²) in [6.07, 6.45) is 5.61. The number of amides is 2. The summed E-state index contributed by atoms with van der Waals surface area (Å²) in [5.41, 5.74) is 4.09. The van der Waals surface area contributed by atoms with Crippen molar-refractivity contribution < 1.29 is 9.59 Å². The third-order valence-corrected chi connectivity index (χ3v) is 5.55. The summed E-state index contributed by atoms with van der Waals surface area (Å²) in [5.74, 6) is -0.0161. The number of aromatic nitrogens is 2. The minimum Gasteiger partial charge on any atom is -0.352 e. The van der Waals surface area contributed by atoms with E-state index in [-0.39, 0.29) is 24.2 Å². The van der Waals surface area contributed by atoms with Crippen molar-refractivity contribution in [3.05, 3.63) is 78.4 Å². The Kier molecular flexibility index (Phi) is 5.65. The Labute approximate surface area is 176 Å². The van der Waals surface area contributed by atoms with Crippen LogP contribution >= 0.6 is 0 Å². The van der Waals surface area contributed by atoms with Crippen molar-refractivity contribution in [3.8, 4) is 5.69 Å². The van der Waals surface area contributed by atoms with Gasteiger partial charge in [0.1, 0.15) is 0 Å². The van der Waals surface area contributed by atoms with Gasteiger partial charge in [0.2, 0.25) is 11.8 Å². The number of imidazole rings is 1. The summed E-state index contributed by atoms with van der Waals surface area (Å²) in [5, 5.41) is 2.98. The molecule has 1 N–H and O–H groups in total. The zero-order valence-electron chi connectivity index (χ0n) is 17.3. The standard InChI is InChI=1S/C24H26N4O2/c1-17(2)19-4-3-5-22(12-19)28-15-20(13-23(28)29)24(30)26-14-18-6-8-21(9-7-18)27-11-10-25-16-27/h3-12,16-17,20H,13-15H2,1-2H3,(H,26,30). The smallest absolute Gasteiger partial charge is 0.227 e. The number of hydrogen-bond acceptors (Lipinski definition) is 3. The van der Waals surface area contributed by atoms with Gasteiger partial charge in [0.25, 0.3) is 0 Å². The van der Waals surface area contributed by atoms with Gasteiger partial charge in [0.05, 0.1) is 12.2 Å². The average Bonchev–Trinajstić information content (AvgIpc) is 3.42. The van der Waals surface area contributed by atoms with Crippen molar-refractivity contribution in [2.75, 3.05) is 11.4 Å². The zero-order valence-corrected chi connectivity index (χ0v) is 17.3. The molecule has 154 valence electrons. The topological polar surface area (TPSA) is 67.2 Å². The van der Waals surface area contributed by atoms with Crippen molar-refractivity contribution >= 4 is 17.5 Å². The van der Waals surface area contributed by atoms with Crippen molar-refractivity contribution in [1.29, 1.82) is 0 Å². The van der Waals surface area contributed by atoms with Gasteiger partial charge in [-0.2, -0.15) is 0 Å². The normalized spacial score (nSPS) is 16.3. The molecular formula is C24H26N4O2. The molecule has 6 nitrogen and oxygen atoms in total. The molecule has 0 spiro atoms. The quantitative estimate of drug-likeness (QED) is 0.684. The van der Waals surface area contributed by atoms with E-state index in [1.54, 1.807) is 17.4 Å². The Bertz CT molecular complexity index is 1030. The molecule has 1 atom stereocenters. The van der Waals surface area contributed by atoms with E-state index in [0.717, 1.165) is 16.9 Å². The van der Waals surface area contributed by atoms with Crippen LogP contribution in [0.2, 0.25) is 0 Å². The lowest BCUT2D eigenvalue weighted by molar-refractivity contribution is -0.126. The largest absolute Gasteiger partial charge is 0.352 e. The maximum atomic E-state index is 12.7. The minimum atomic E-state index is -0.328. The number of nitrogens with zero attached hydrogens (tertiary/aromatic N) is 3. The predicted octanol–water partition coefficient (Wildman–Crippen LogP) is 3.67. The fourth-order valence-corrected chi connectivity index (χ4v) is 3.72. The summed E-state index contributed by atoms with van der Waals surface area (Å²) in [7, 11) is 0. The lowest BCUT2D eigenvalue weighted by Gasteiger charge is -2.18. The highest BCUT2D eigenvalue weighted by Crippen LogP contribution is 2.28. The predicted molar refractivity (Wildman–Crippen MR) is 116 cm³/mol. The highest BCUT2D eigenvalue weighted by molar-refractivity contribution is 6.00. The Morgan fingerprint density at radius 3 is 2.67 bits per heavy atom. The van der Waals surface area contributed by atoms with Gasteiger partial charge in [-0.25, -0.2) is 4.98 Å². The van der Waals surface area contributed by atoms with Crippen LogP contribution in [0.4, 0.5) is 5.69 Å². The number of benzene rings is 2. The number of anilines is 1. The number of carbonyl (C=O) groups is 2. The van der Waals surface area contributed by atoms with Crippen LogP contribution in [0, 0.1) is 5.92 Å². The van der Waals surface area contributed by atoms with E-state index in [2.05, 4.69) is 30.2 Å². The first-order valence-corrected chi connectivity index (χ1v) is 10.3.